The summed E-state index contributed by atoms with van der Waals surface area (Å²) in [5.74, 6) is 0. The number of furan rings is 1. The molecule has 6 aromatic carbocycles. The van der Waals surface area contributed by atoms with Crippen LogP contribution in [0.25, 0.3) is 75.5 Å². The standard InChI is InChI=1S/C37H21NOS/c38-22-33-31(23-10-2-1-3-11-23)20-24(25-14-8-17-30-27-13-5-7-19-35(27)40-37(25)30)21-32(33)29-16-9-15-28-26-12-4-6-18-34(26)39-36(28)29/h1-21H. The van der Waals surface area contributed by atoms with Crippen molar-refractivity contribution in [3.8, 4) is 39.4 Å². The van der Waals surface area contributed by atoms with Crippen LogP contribution in [0.4, 0.5) is 0 Å². The molecular weight excluding hydrogens is 506 g/mol. The SMILES string of the molecule is N#Cc1c(-c2ccccc2)cc(-c2cccc3c2sc2ccccc23)cc1-c1cccc2c1oc1ccccc12. The second kappa shape index (κ2) is 8.95. The van der Waals surface area contributed by atoms with Crippen molar-refractivity contribution >= 4 is 53.4 Å². The molecule has 0 fully saturated rings. The summed E-state index contributed by atoms with van der Waals surface area (Å²) in [7, 11) is 0. The van der Waals surface area contributed by atoms with E-state index in [1.165, 1.54) is 25.7 Å². The predicted octanol–water partition coefficient (Wildman–Crippen LogP) is 10.8. The molecule has 2 nitrogen and oxygen atoms in total. The van der Waals surface area contributed by atoms with Crippen LogP contribution in [0.15, 0.2) is 132 Å². The van der Waals surface area contributed by atoms with Gasteiger partial charge in [0.15, 0.2) is 0 Å². The Hall–Kier alpha value is -5.17. The average Bonchev–Trinajstić information content (AvgIpc) is 3.59. The molecule has 40 heavy (non-hydrogen) atoms. The summed E-state index contributed by atoms with van der Waals surface area (Å²) in [5, 5.41) is 15.2. The number of para-hydroxylation sites is 2. The van der Waals surface area contributed by atoms with Gasteiger partial charge in [-0.3, -0.25) is 0 Å². The summed E-state index contributed by atoms with van der Waals surface area (Å²) < 4.78 is 8.95. The van der Waals surface area contributed by atoms with Gasteiger partial charge in [0.1, 0.15) is 17.2 Å². The smallest absolute Gasteiger partial charge is 0.143 e. The van der Waals surface area contributed by atoms with E-state index in [1.54, 1.807) is 0 Å². The number of nitrogens with zero attached hydrogens (tertiary/aromatic N) is 1. The second-order valence-electron chi connectivity index (χ2n) is 9.99. The van der Waals surface area contributed by atoms with Gasteiger partial charge >= 0.3 is 0 Å². The number of thiophene rings is 1. The van der Waals surface area contributed by atoms with E-state index in [0.717, 1.165) is 49.8 Å². The Morgan fingerprint density at radius 2 is 1.20 bits per heavy atom. The highest BCUT2D eigenvalue weighted by Crippen LogP contribution is 2.45. The maximum absolute atomic E-state index is 10.6. The van der Waals surface area contributed by atoms with Gasteiger partial charge in [-0.05, 0) is 41.0 Å². The maximum atomic E-state index is 10.6. The van der Waals surface area contributed by atoms with E-state index in [1.807, 2.05) is 47.7 Å². The highest BCUT2D eigenvalue weighted by molar-refractivity contribution is 7.26. The topological polar surface area (TPSA) is 36.9 Å². The summed E-state index contributed by atoms with van der Waals surface area (Å²) >= 11 is 1.82. The van der Waals surface area contributed by atoms with Crippen LogP contribution in [0.2, 0.25) is 0 Å². The summed E-state index contributed by atoms with van der Waals surface area (Å²) in [4.78, 5) is 0. The van der Waals surface area contributed by atoms with E-state index in [2.05, 4.69) is 97.1 Å². The van der Waals surface area contributed by atoms with Crippen LogP contribution in [0.1, 0.15) is 5.56 Å². The lowest BCUT2D eigenvalue weighted by atomic mass is 9.87. The van der Waals surface area contributed by atoms with Gasteiger partial charge in [-0.15, -0.1) is 11.3 Å². The van der Waals surface area contributed by atoms with Crippen molar-refractivity contribution in [3.05, 3.63) is 133 Å². The quantitative estimate of drug-likeness (QED) is 0.229. The van der Waals surface area contributed by atoms with E-state index in [4.69, 9.17) is 4.42 Å². The highest BCUT2D eigenvalue weighted by atomic mass is 32.1. The van der Waals surface area contributed by atoms with Crippen molar-refractivity contribution in [3.63, 3.8) is 0 Å². The molecule has 3 heteroatoms. The first kappa shape index (κ1) is 22.8. The fourth-order valence-electron chi connectivity index (χ4n) is 5.91. The normalized spacial score (nSPS) is 11.5. The predicted molar refractivity (Wildman–Crippen MR) is 168 cm³/mol. The number of nitriles is 1. The molecule has 8 aromatic rings. The van der Waals surface area contributed by atoms with Crippen molar-refractivity contribution in [2.45, 2.75) is 0 Å². The monoisotopic (exact) mass is 527 g/mol. The van der Waals surface area contributed by atoms with E-state index in [0.29, 0.717) is 5.56 Å². The van der Waals surface area contributed by atoms with Gasteiger partial charge in [0.05, 0.1) is 5.56 Å². The number of hydrogen-bond acceptors (Lipinski definition) is 3. The zero-order chi connectivity index (χ0) is 26.6. The third-order valence-electron chi connectivity index (χ3n) is 7.74. The highest BCUT2D eigenvalue weighted by Gasteiger charge is 2.20. The minimum atomic E-state index is 0.645. The minimum Gasteiger partial charge on any atom is -0.455 e. The molecule has 0 aliphatic carbocycles. The van der Waals surface area contributed by atoms with Crippen LogP contribution in [0.5, 0.6) is 0 Å². The zero-order valence-corrected chi connectivity index (χ0v) is 22.2. The van der Waals surface area contributed by atoms with Gasteiger partial charge in [-0.25, -0.2) is 0 Å². The molecule has 0 saturated carbocycles. The molecule has 0 N–H and O–H groups in total. The lowest BCUT2D eigenvalue weighted by Gasteiger charge is -2.15. The second-order valence-corrected chi connectivity index (χ2v) is 11.0. The van der Waals surface area contributed by atoms with Gasteiger partial charge in [0.2, 0.25) is 0 Å². The van der Waals surface area contributed by atoms with Gasteiger partial charge in [0, 0.05) is 47.6 Å². The Balaban J connectivity index is 1.48. The molecule has 0 atom stereocenters. The molecule has 0 radical (unpaired) electrons. The summed E-state index contributed by atoms with van der Waals surface area (Å²) in [6, 6.07) is 46.5. The van der Waals surface area contributed by atoms with Crippen LogP contribution in [-0.2, 0) is 0 Å². The fraction of sp³-hybridized carbons (Fsp3) is 0. The molecular formula is C37H21NOS. The number of fused-ring (bicyclic) bond motifs is 6. The minimum absolute atomic E-state index is 0.645. The summed E-state index contributed by atoms with van der Waals surface area (Å²) in [6.45, 7) is 0. The molecule has 8 rings (SSSR count). The Labute approximate surface area is 235 Å². The van der Waals surface area contributed by atoms with Crippen LogP contribution in [0, 0.1) is 11.3 Å². The Morgan fingerprint density at radius 1 is 0.525 bits per heavy atom. The molecule has 0 amide bonds. The molecule has 2 heterocycles. The third-order valence-corrected chi connectivity index (χ3v) is 8.96. The van der Waals surface area contributed by atoms with Crippen molar-refractivity contribution in [1.82, 2.24) is 0 Å². The Morgan fingerprint density at radius 3 is 2.05 bits per heavy atom. The van der Waals surface area contributed by atoms with Crippen LogP contribution < -0.4 is 0 Å². The van der Waals surface area contributed by atoms with Gasteiger partial charge < -0.3 is 4.42 Å². The molecule has 0 spiro atoms. The van der Waals surface area contributed by atoms with Crippen molar-refractivity contribution in [1.29, 1.82) is 5.26 Å². The first-order valence-electron chi connectivity index (χ1n) is 13.2. The molecule has 186 valence electrons. The lowest BCUT2D eigenvalue weighted by molar-refractivity contribution is 0.670. The number of benzene rings is 6. The van der Waals surface area contributed by atoms with Gasteiger partial charge in [-0.1, -0.05) is 103 Å². The van der Waals surface area contributed by atoms with Crippen molar-refractivity contribution in [2.24, 2.45) is 0 Å². The zero-order valence-electron chi connectivity index (χ0n) is 21.4. The van der Waals surface area contributed by atoms with Crippen LogP contribution in [0.3, 0.4) is 0 Å². The van der Waals surface area contributed by atoms with E-state index in [9.17, 15) is 5.26 Å². The number of hydrogen-bond donors (Lipinski definition) is 0. The molecule has 0 bridgehead atoms. The van der Waals surface area contributed by atoms with Crippen molar-refractivity contribution in [2.75, 3.05) is 0 Å². The average molecular weight is 528 g/mol. The molecule has 0 aliphatic rings. The van der Waals surface area contributed by atoms with E-state index in [-0.39, 0.29) is 0 Å². The maximum Gasteiger partial charge on any atom is 0.143 e. The van der Waals surface area contributed by atoms with Crippen LogP contribution >= 0.6 is 11.3 Å². The van der Waals surface area contributed by atoms with Gasteiger partial charge in [0.25, 0.3) is 0 Å². The molecule has 0 aliphatic heterocycles. The Kier molecular flexibility index (Phi) is 5.10. The summed E-state index contributed by atoms with van der Waals surface area (Å²) in [6.07, 6.45) is 0. The molecule has 0 unspecified atom stereocenters. The van der Waals surface area contributed by atoms with Gasteiger partial charge in [-0.2, -0.15) is 5.26 Å². The fourth-order valence-corrected chi connectivity index (χ4v) is 7.15. The first-order chi connectivity index (χ1) is 19.8. The number of rotatable bonds is 3. The van der Waals surface area contributed by atoms with Crippen molar-refractivity contribution < 1.29 is 4.42 Å². The Bertz CT molecular complexity index is 2280. The first-order valence-corrected chi connectivity index (χ1v) is 14.1. The molecule has 2 aromatic heterocycles. The van der Waals surface area contributed by atoms with E-state index >= 15 is 0 Å². The largest absolute Gasteiger partial charge is 0.455 e. The molecule has 0 saturated heterocycles. The van der Waals surface area contributed by atoms with E-state index < -0.39 is 0 Å². The third kappa shape index (κ3) is 3.41. The lowest BCUT2D eigenvalue weighted by Crippen LogP contribution is -1.93. The summed E-state index contributed by atoms with van der Waals surface area (Å²) in [5.41, 5.74) is 8.27. The van der Waals surface area contributed by atoms with Crippen LogP contribution in [-0.4, -0.2) is 0 Å².